The maximum Gasteiger partial charge on any atom is 0.266 e. The molecule has 2 aliphatic rings. The molecule has 0 bridgehead atoms. The van der Waals surface area contributed by atoms with E-state index < -0.39 is 17.2 Å². The van der Waals surface area contributed by atoms with Gasteiger partial charge in [0, 0.05) is 12.0 Å². The Morgan fingerprint density at radius 2 is 2.06 bits per heavy atom. The lowest BCUT2D eigenvalue weighted by Gasteiger charge is -2.36. The number of aryl methyl sites for hydroxylation is 2. The largest absolute Gasteiger partial charge is 0.309 e. The highest BCUT2D eigenvalue weighted by molar-refractivity contribution is 6.06. The molecule has 6 heteroatoms. The number of aromatic nitrogens is 2. The maximum atomic E-state index is 14.0. The number of nitrogens with one attached hydrogen (secondary N) is 1. The monoisotopic (exact) mass is 239 g/mol. The van der Waals surface area contributed by atoms with E-state index in [0.29, 0.717) is 11.5 Å². The van der Waals surface area contributed by atoms with Gasteiger partial charge in [-0.25, -0.2) is 18.7 Å². The minimum atomic E-state index is -3.05. The first-order valence-corrected chi connectivity index (χ1v) is 5.43. The van der Waals surface area contributed by atoms with Crippen molar-refractivity contribution in [1.82, 2.24) is 9.97 Å². The number of halogens is 2. The Kier molecular flexibility index (Phi) is 1.74. The van der Waals surface area contributed by atoms with Crippen LogP contribution < -0.4 is 5.32 Å². The van der Waals surface area contributed by atoms with Crippen LogP contribution in [0, 0.1) is 6.92 Å². The van der Waals surface area contributed by atoms with Gasteiger partial charge in [0.2, 0.25) is 5.91 Å². The second-order valence-corrected chi connectivity index (χ2v) is 4.72. The third-order valence-electron chi connectivity index (χ3n) is 3.69. The predicted molar refractivity (Wildman–Crippen MR) is 56.0 cm³/mol. The van der Waals surface area contributed by atoms with Gasteiger partial charge in [0.25, 0.3) is 5.92 Å². The van der Waals surface area contributed by atoms with E-state index in [0.717, 1.165) is 0 Å². The molecular formula is C11H11F2N3O. The summed E-state index contributed by atoms with van der Waals surface area (Å²) < 4.78 is 28.0. The molecule has 1 unspecified atom stereocenters. The molecule has 1 aromatic rings. The summed E-state index contributed by atoms with van der Waals surface area (Å²) in [7, 11) is 0. The molecule has 0 fully saturated rings. The van der Waals surface area contributed by atoms with Crippen LogP contribution in [0.2, 0.25) is 0 Å². The molecule has 1 aliphatic heterocycles. The quantitative estimate of drug-likeness (QED) is 0.747. The van der Waals surface area contributed by atoms with Crippen molar-refractivity contribution in [3.63, 3.8) is 0 Å². The molecular weight excluding hydrogens is 228 g/mol. The second kappa shape index (κ2) is 2.80. The van der Waals surface area contributed by atoms with Crippen LogP contribution in [0.5, 0.6) is 0 Å². The number of amides is 1. The zero-order valence-corrected chi connectivity index (χ0v) is 9.47. The SMILES string of the molecule is Cc1nc2c3c(n1)NC(=O)C3(C)C(F)(F)CC2. The summed E-state index contributed by atoms with van der Waals surface area (Å²) in [6.07, 6.45) is -0.164. The average molecular weight is 239 g/mol. The van der Waals surface area contributed by atoms with Crippen molar-refractivity contribution in [2.24, 2.45) is 0 Å². The molecule has 17 heavy (non-hydrogen) atoms. The molecule has 4 nitrogen and oxygen atoms in total. The van der Waals surface area contributed by atoms with Crippen LogP contribution in [0.4, 0.5) is 14.6 Å². The summed E-state index contributed by atoms with van der Waals surface area (Å²) in [5.41, 5.74) is -0.965. The van der Waals surface area contributed by atoms with E-state index in [9.17, 15) is 13.6 Å². The first-order chi connectivity index (χ1) is 7.86. The van der Waals surface area contributed by atoms with E-state index in [1.165, 1.54) is 6.92 Å². The maximum absolute atomic E-state index is 14.0. The van der Waals surface area contributed by atoms with Gasteiger partial charge < -0.3 is 5.32 Å². The molecule has 2 heterocycles. The molecule has 1 aromatic heterocycles. The fraction of sp³-hybridized carbons (Fsp3) is 0.545. The van der Waals surface area contributed by atoms with Crippen molar-refractivity contribution in [2.45, 2.75) is 38.0 Å². The van der Waals surface area contributed by atoms with Crippen LogP contribution in [-0.4, -0.2) is 21.8 Å². The van der Waals surface area contributed by atoms with Gasteiger partial charge in [-0.05, 0) is 20.3 Å². The van der Waals surface area contributed by atoms with E-state index >= 15 is 0 Å². The molecule has 1 aliphatic carbocycles. The van der Waals surface area contributed by atoms with Gasteiger partial charge in [0.15, 0.2) is 0 Å². The number of nitrogens with zero attached hydrogens (tertiary/aromatic N) is 2. The van der Waals surface area contributed by atoms with Crippen molar-refractivity contribution in [2.75, 3.05) is 5.32 Å². The number of anilines is 1. The van der Waals surface area contributed by atoms with E-state index in [1.54, 1.807) is 6.92 Å². The minimum absolute atomic E-state index is 0.184. The Labute approximate surface area is 96.5 Å². The third-order valence-corrected chi connectivity index (χ3v) is 3.69. The third kappa shape index (κ3) is 1.08. The summed E-state index contributed by atoms with van der Waals surface area (Å²) in [5, 5.41) is 2.45. The van der Waals surface area contributed by atoms with Crippen molar-refractivity contribution in [1.29, 1.82) is 0 Å². The lowest BCUT2D eigenvalue weighted by Crippen LogP contribution is -2.51. The molecule has 0 saturated carbocycles. The van der Waals surface area contributed by atoms with Gasteiger partial charge in [-0.15, -0.1) is 0 Å². The molecule has 3 rings (SSSR count). The predicted octanol–water partition coefficient (Wildman–Crippen LogP) is 1.58. The fourth-order valence-electron chi connectivity index (χ4n) is 2.65. The van der Waals surface area contributed by atoms with Crippen LogP contribution >= 0.6 is 0 Å². The van der Waals surface area contributed by atoms with Crippen LogP contribution in [0.3, 0.4) is 0 Å². The number of carbonyl (C=O) groups excluding carboxylic acids is 1. The molecule has 1 atom stereocenters. The van der Waals surface area contributed by atoms with Crippen LogP contribution in [0.1, 0.15) is 30.4 Å². The summed E-state index contributed by atoms with van der Waals surface area (Å²) >= 11 is 0. The van der Waals surface area contributed by atoms with E-state index in [1.807, 2.05) is 0 Å². The van der Waals surface area contributed by atoms with E-state index in [-0.39, 0.29) is 24.2 Å². The molecule has 1 N–H and O–H groups in total. The Balaban J connectivity index is 2.35. The van der Waals surface area contributed by atoms with E-state index in [2.05, 4.69) is 15.3 Å². The van der Waals surface area contributed by atoms with Gasteiger partial charge in [0.05, 0.1) is 5.69 Å². The average Bonchev–Trinajstić information content (AvgIpc) is 2.48. The van der Waals surface area contributed by atoms with E-state index in [4.69, 9.17) is 0 Å². The Morgan fingerprint density at radius 3 is 2.76 bits per heavy atom. The number of hydrogen-bond acceptors (Lipinski definition) is 3. The highest BCUT2D eigenvalue weighted by Crippen LogP contribution is 2.52. The van der Waals surface area contributed by atoms with Gasteiger partial charge in [-0.2, -0.15) is 0 Å². The molecule has 0 saturated heterocycles. The Bertz CT molecular complexity index is 544. The topological polar surface area (TPSA) is 54.9 Å². The molecule has 90 valence electrons. The zero-order valence-electron chi connectivity index (χ0n) is 9.47. The second-order valence-electron chi connectivity index (χ2n) is 4.72. The lowest BCUT2D eigenvalue weighted by molar-refractivity contribution is -0.139. The smallest absolute Gasteiger partial charge is 0.266 e. The Morgan fingerprint density at radius 1 is 1.35 bits per heavy atom. The van der Waals surface area contributed by atoms with Gasteiger partial charge in [-0.3, -0.25) is 4.79 Å². The van der Waals surface area contributed by atoms with Crippen molar-refractivity contribution in [3.05, 3.63) is 17.1 Å². The number of rotatable bonds is 0. The standard InChI is InChI=1S/C11H11F2N3O/c1-5-14-6-3-4-11(12,13)10(2)7(6)8(15-5)16-9(10)17/h3-4H2,1-2H3,(H,14,15,16,17). The highest BCUT2D eigenvalue weighted by atomic mass is 19.3. The summed E-state index contributed by atoms with van der Waals surface area (Å²) in [6.45, 7) is 2.96. The summed E-state index contributed by atoms with van der Waals surface area (Å²) in [6, 6.07) is 0. The van der Waals surface area contributed by atoms with Crippen molar-refractivity contribution in [3.8, 4) is 0 Å². The van der Waals surface area contributed by atoms with Crippen molar-refractivity contribution >= 4 is 11.7 Å². The first-order valence-electron chi connectivity index (χ1n) is 5.43. The van der Waals surface area contributed by atoms with Crippen LogP contribution in [0.25, 0.3) is 0 Å². The molecule has 0 radical (unpaired) electrons. The number of hydrogen-bond donors (Lipinski definition) is 1. The zero-order chi connectivity index (χ0) is 12.4. The molecule has 0 aromatic carbocycles. The summed E-state index contributed by atoms with van der Waals surface area (Å²) in [4.78, 5) is 20.0. The Hall–Kier alpha value is -1.59. The van der Waals surface area contributed by atoms with Crippen LogP contribution in [-0.2, 0) is 16.6 Å². The molecule has 0 spiro atoms. The minimum Gasteiger partial charge on any atom is -0.309 e. The number of alkyl halides is 2. The van der Waals surface area contributed by atoms with Crippen LogP contribution in [0.15, 0.2) is 0 Å². The summed E-state index contributed by atoms with van der Waals surface area (Å²) in [5.74, 6) is -2.99. The van der Waals surface area contributed by atoms with Gasteiger partial charge >= 0.3 is 0 Å². The van der Waals surface area contributed by atoms with Crippen molar-refractivity contribution < 1.29 is 13.6 Å². The lowest BCUT2D eigenvalue weighted by atomic mass is 9.71. The van der Waals surface area contributed by atoms with Gasteiger partial charge in [0.1, 0.15) is 17.1 Å². The fourth-order valence-corrected chi connectivity index (χ4v) is 2.65. The van der Waals surface area contributed by atoms with Gasteiger partial charge in [-0.1, -0.05) is 0 Å². The first kappa shape index (κ1) is 10.6. The molecule has 1 amide bonds. The normalized spacial score (nSPS) is 28.8. The number of carbonyl (C=O) groups is 1. The highest BCUT2D eigenvalue weighted by Gasteiger charge is 2.63.